The van der Waals surface area contributed by atoms with Gasteiger partial charge in [0.1, 0.15) is 0 Å². The average molecular weight is 322 g/mol. The quantitative estimate of drug-likeness (QED) is 0.911. The topological polar surface area (TPSA) is 68.6 Å². The van der Waals surface area contributed by atoms with Gasteiger partial charge in [-0.1, -0.05) is 12.8 Å². The number of carbonyl (C=O) groups excluding carboxylic acids is 1. The Labute approximate surface area is 136 Å². The van der Waals surface area contributed by atoms with E-state index in [4.69, 9.17) is 9.47 Å². The number of aromatic nitrogens is 2. The van der Waals surface area contributed by atoms with E-state index in [-0.39, 0.29) is 17.7 Å². The highest BCUT2D eigenvalue weighted by molar-refractivity contribution is 5.75. The van der Waals surface area contributed by atoms with E-state index in [1.165, 1.54) is 12.8 Å². The lowest BCUT2D eigenvalue weighted by molar-refractivity contribution is -0.0928. The van der Waals surface area contributed by atoms with Crippen molar-refractivity contribution in [2.24, 2.45) is 7.05 Å². The Morgan fingerprint density at radius 1 is 1.52 bits per heavy atom. The number of hydrogen-bond acceptors (Lipinski definition) is 4. The molecule has 0 bridgehead atoms. The molecule has 1 spiro atoms. The van der Waals surface area contributed by atoms with Crippen LogP contribution in [0.4, 0.5) is 4.79 Å². The van der Waals surface area contributed by atoms with E-state index in [0.717, 1.165) is 18.5 Å². The van der Waals surface area contributed by atoms with Crippen LogP contribution in [0.1, 0.15) is 37.4 Å². The molecule has 7 heteroatoms. The molecule has 1 aliphatic carbocycles. The van der Waals surface area contributed by atoms with Gasteiger partial charge in [0.25, 0.3) is 0 Å². The largest absolute Gasteiger partial charge is 0.382 e. The van der Waals surface area contributed by atoms with Gasteiger partial charge in [0.05, 0.1) is 37.1 Å². The first-order valence-corrected chi connectivity index (χ1v) is 8.30. The van der Waals surface area contributed by atoms with Gasteiger partial charge >= 0.3 is 6.03 Å². The van der Waals surface area contributed by atoms with Crippen LogP contribution in [0.25, 0.3) is 0 Å². The van der Waals surface area contributed by atoms with Crippen LogP contribution in [0, 0.1) is 0 Å². The lowest BCUT2D eigenvalue weighted by atomic mass is 10.00. The van der Waals surface area contributed by atoms with Gasteiger partial charge < -0.3 is 19.7 Å². The summed E-state index contributed by atoms with van der Waals surface area (Å²) in [5.74, 6) is 0. The molecule has 0 aromatic carbocycles. The Bertz CT molecular complexity index is 539. The molecule has 2 heterocycles. The predicted octanol–water partition coefficient (Wildman–Crippen LogP) is 1.46. The summed E-state index contributed by atoms with van der Waals surface area (Å²) in [6.45, 7) is 2.36. The number of carbonyl (C=O) groups is 1. The highest BCUT2D eigenvalue weighted by Gasteiger charge is 2.40. The highest BCUT2D eigenvalue weighted by atomic mass is 16.5. The summed E-state index contributed by atoms with van der Waals surface area (Å²) in [5, 5.41) is 7.26. The normalized spacial score (nSPS) is 21.6. The molecule has 1 N–H and O–H groups in total. The zero-order valence-electron chi connectivity index (χ0n) is 14.0. The fourth-order valence-corrected chi connectivity index (χ4v) is 3.67. The average Bonchev–Trinajstić information content (AvgIpc) is 3.16. The molecule has 128 valence electrons. The Morgan fingerprint density at radius 2 is 2.30 bits per heavy atom. The molecule has 23 heavy (non-hydrogen) atoms. The van der Waals surface area contributed by atoms with Gasteiger partial charge in [-0.2, -0.15) is 5.10 Å². The molecule has 2 aliphatic rings. The van der Waals surface area contributed by atoms with Crippen LogP contribution in [-0.2, 0) is 16.5 Å². The molecule has 1 atom stereocenters. The molecular weight excluding hydrogens is 296 g/mol. The third kappa shape index (κ3) is 3.50. The molecule has 1 aromatic heterocycles. The number of hydrogen-bond donors (Lipinski definition) is 1. The number of aryl methyl sites for hydroxylation is 1. The number of rotatable bonds is 4. The zero-order valence-corrected chi connectivity index (χ0v) is 14.0. The third-order valence-corrected chi connectivity index (χ3v) is 4.90. The molecule has 1 aromatic rings. The van der Waals surface area contributed by atoms with Gasteiger partial charge in [-0.3, -0.25) is 4.68 Å². The van der Waals surface area contributed by atoms with Crippen LogP contribution in [0.5, 0.6) is 0 Å². The monoisotopic (exact) mass is 322 g/mol. The van der Waals surface area contributed by atoms with Crippen molar-refractivity contribution in [1.29, 1.82) is 0 Å². The van der Waals surface area contributed by atoms with Crippen molar-refractivity contribution in [1.82, 2.24) is 20.0 Å². The van der Waals surface area contributed by atoms with E-state index in [1.807, 2.05) is 18.0 Å². The summed E-state index contributed by atoms with van der Waals surface area (Å²) in [6.07, 6.45) is 6.22. The second-order valence-corrected chi connectivity index (χ2v) is 6.50. The molecule has 7 nitrogen and oxygen atoms in total. The maximum Gasteiger partial charge on any atom is 0.318 e. The molecule has 1 unspecified atom stereocenters. The first kappa shape index (κ1) is 16.3. The second kappa shape index (κ2) is 6.88. The second-order valence-electron chi connectivity index (χ2n) is 6.50. The van der Waals surface area contributed by atoms with E-state index >= 15 is 0 Å². The van der Waals surface area contributed by atoms with Gasteiger partial charge in [-0.25, -0.2) is 4.79 Å². The standard InChI is InChI=1S/C16H26N4O3/c1-19-14(5-8-17-19)13(11-22-2)18-15(21)20-9-10-23-16(12-20)6-3-4-7-16/h5,8,13H,3-4,6-7,9-12H2,1-2H3,(H,18,21). The van der Waals surface area contributed by atoms with Gasteiger partial charge in [-0.15, -0.1) is 0 Å². The number of nitrogens with zero attached hydrogens (tertiary/aromatic N) is 3. The molecule has 1 saturated heterocycles. The summed E-state index contributed by atoms with van der Waals surface area (Å²) in [6, 6.07) is 1.65. The van der Waals surface area contributed by atoms with Crippen LogP contribution in [-0.4, -0.2) is 59.7 Å². The summed E-state index contributed by atoms with van der Waals surface area (Å²) in [5.41, 5.74) is 0.822. The Balaban J connectivity index is 1.65. The first-order valence-electron chi connectivity index (χ1n) is 8.30. The van der Waals surface area contributed by atoms with Crippen LogP contribution in [0.3, 0.4) is 0 Å². The van der Waals surface area contributed by atoms with Crippen molar-refractivity contribution in [3.05, 3.63) is 18.0 Å². The smallest absolute Gasteiger partial charge is 0.318 e. The fourth-order valence-electron chi connectivity index (χ4n) is 3.67. The van der Waals surface area contributed by atoms with E-state index in [9.17, 15) is 4.79 Å². The molecule has 2 fully saturated rings. The highest BCUT2D eigenvalue weighted by Crippen LogP contribution is 2.35. The number of urea groups is 1. The Morgan fingerprint density at radius 3 is 2.96 bits per heavy atom. The summed E-state index contributed by atoms with van der Waals surface area (Å²) < 4.78 is 13.0. The minimum absolute atomic E-state index is 0.0529. The molecule has 0 radical (unpaired) electrons. The number of methoxy groups -OCH3 is 1. The Kier molecular flexibility index (Phi) is 4.87. The minimum atomic E-state index is -0.206. The first-order chi connectivity index (χ1) is 11.1. The fraction of sp³-hybridized carbons (Fsp3) is 0.750. The number of amides is 2. The van der Waals surface area contributed by atoms with Gasteiger partial charge in [0, 0.05) is 26.9 Å². The number of morpholine rings is 1. The lowest BCUT2D eigenvalue weighted by Gasteiger charge is -2.40. The summed E-state index contributed by atoms with van der Waals surface area (Å²) in [4.78, 5) is 14.6. The maximum absolute atomic E-state index is 12.7. The van der Waals surface area contributed by atoms with Crippen molar-refractivity contribution in [3.63, 3.8) is 0 Å². The molecule has 1 aliphatic heterocycles. The maximum atomic E-state index is 12.7. The molecule has 3 rings (SSSR count). The minimum Gasteiger partial charge on any atom is -0.382 e. The van der Waals surface area contributed by atoms with Gasteiger partial charge in [0.2, 0.25) is 0 Å². The van der Waals surface area contributed by atoms with Crippen molar-refractivity contribution >= 4 is 6.03 Å². The van der Waals surface area contributed by atoms with Crippen LogP contribution < -0.4 is 5.32 Å². The van der Waals surface area contributed by atoms with E-state index in [1.54, 1.807) is 18.0 Å². The molecule has 1 saturated carbocycles. The third-order valence-electron chi connectivity index (χ3n) is 4.90. The SMILES string of the molecule is COCC(NC(=O)N1CCOC2(CCCC2)C1)c1ccnn1C. The summed E-state index contributed by atoms with van der Waals surface area (Å²) in [7, 11) is 3.50. The molecule has 2 amide bonds. The predicted molar refractivity (Wildman–Crippen MR) is 85.1 cm³/mol. The van der Waals surface area contributed by atoms with Gasteiger partial charge in [-0.05, 0) is 18.9 Å². The van der Waals surface area contributed by atoms with Crippen molar-refractivity contribution in [2.75, 3.05) is 33.4 Å². The zero-order chi connectivity index (χ0) is 16.3. The van der Waals surface area contributed by atoms with E-state index in [0.29, 0.717) is 26.3 Å². The van der Waals surface area contributed by atoms with Crippen LogP contribution in [0.15, 0.2) is 12.3 Å². The van der Waals surface area contributed by atoms with Crippen molar-refractivity contribution < 1.29 is 14.3 Å². The molecular formula is C16H26N4O3. The lowest BCUT2D eigenvalue weighted by Crippen LogP contribution is -2.55. The number of ether oxygens (including phenoxy) is 2. The van der Waals surface area contributed by atoms with Crippen molar-refractivity contribution in [2.45, 2.75) is 37.3 Å². The van der Waals surface area contributed by atoms with Crippen LogP contribution in [0.2, 0.25) is 0 Å². The number of nitrogens with one attached hydrogen (secondary N) is 1. The van der Waals surface area contributed by atoms with E-state index in [2.05, 4.69) is 10.4 Å². The van der Waals surface area contributed by atoms with Crippen molar-refractivity contribution in [3.8, 4) is 0 Å². The van der Waals surface area contributed by atoms with Crippen LogP contribution >= 0.6 is 0 Å². The van der Waals surface area contributed by atoms with E-state index < -0.39 is 0 Å². The Hall–Kier alpha value is -1.60. The summed E-state index contributed by atoms with van der Waals surface area (Å²) >= 11 is 0. The van der Waals surface area contributed by atoms with Gasteiger partial charge in [0.15, 0.2) is 0 Å².